The van der Waals surface area contributed by atoms with Crippen LogP contribution in [0.4, 0.5) is 5.95 Å². The molecular weight excluding hydrogens is 294 g/mol. The molecule has 4 aromatic rings. The van der Waals surface area contributed by atoms with E-state index in [-0.39, 0.29) is 0 Å². The van der Waals surface area contributed by atoms with Crippen LogP contribution in [0, 0.1) is 0 Å². The van der Waals surface area contributed by atoms with Crippen LogP contribution in [0.15, 0.2) is 84.4 Å². The minimum absolute atomic E-state index is 0.683. The number of para-hydroxylation sites is 2. The van der Waals surface area contributed by atoms with E-state index in [9.17, 15) is 0 Å². The van der Waals surface area contributed by atoms with Crippen LogP contribution in [-0.4, -0.2) is 15.8 Å². The van der Waals surface area contributed by atoms with Gasteiger partial charge in [-0.1, -0.05) is 60.7 Å². The van der Waals surface area contributed by atoms with Gasteiger partial charge in [-0.25, -0.2) is 9.98 Å². The van der Waals surface area contributed by atoms with Crippen molar-refractivity contribution in [3.63, 3.8) is 0 Å². The fourth-order valence-corrected chi connectivity index (χ4v) is 2.96. The number of rotatable bonds is 4. The van der Waals surface area contributed by atoms with Crippen LogP contribution in [0.3, 0.4) is 0 Å². The van der Waals surface area contributed by atoms with Gasteiger partial charge >= 0.3 is 0 Å². The van der Waals surface area contributed by atoms with E-state index in [4.69, 9.17) is 0 Å². The predicted molar refractivity (Wildman–Crippen MR) is 101 cm³/mol. The summed E-state index contributed by atoms with van der Waals surface area (Å²) in [6, 6.07) is 22.6. The van der Waals surface area contributed by atoms with E-state index in [1.54, 1.807) is 0 Å². The number of allylic oxidation sites excluding steroid dienone is 1. The molecule has 0 N–H and O–H groups in total. The molecule has 3 heteroatoms. The van der Waals surface area contributed by atoms with Gasteiger partial charge < -0.3 is 4.57 Å². The molecule has 1 heterocycles. The van der Waals surface area contributed by atoms with Crippen LogP contribution in [0.1, 0.15) is 5.56 Å². The maximum atomic E-state index is 4.66. The molecule has 0 atom stereocenters. The molecule has 0 fully saturated rings. The first-order valence-corrected chi connectivity index (χ1v) is 7.95. The first-order valence-electron chi connectivity index (χ1n) is 7.95. The van der Waals surface area contributed by atoms with E-state index in [0.717, 1.165) is 16.6 Å². The minimum atomic E-state index is 0.683. The normalized spacial score (nSPS) is 11.5. The number of hydrogen-bond donors (Lipinski definition) is 0. The summed E-state index contributed by atoms with van der Waals surface area (Å²) in [4.78, 5) is 9.31. The van der Waals surface area contributed by atoms with E-state index >= 15 is 0 Å². The fraction of sp³-hybridized carbons (Fsp3) is 0.0476. The maximum absolute atomic E-state index is 4.66. The third-order valence-electron chi connectivity index (χ3n) is 4.09. The van der Waals surface area contributed by atoms with Crippen LogP contribution in [-0.2, 0) is 6.54 Å². The van der Waals surface area contributed by atoms with Crippen molar-refractivity contribution in [1.29, 1.82) is 0 Å². The van der Waals surface area contributed by atoms with Gasteiger partial charge in [0.05, 0.1) is 11.0 Å². The molecule has 0 spiro atoms. The average molecular weight is 311 g/mol. The van der Waals surface area contributed by atoms with E-state index in [1.807, 2.05) is 42.6 Å². The standard InChI is InChI=1S/C21H17N3/c1-2-14-24-20-13-6-5-12-19(20)23-21(24)22-15-17-10-7-9-16-8-3-4-11-18(16)17/h2-13,15H,1,14H2/b22-15+. The average Bonchev–Trinajstić information content (AvgIpc) is 2.98. The monoisotopic (exact) mass is 311 g/mol. The molecular formula is C21H17N3. The van der Waals surface area contributed by atoms with Crippen molar-refractivity contribution in [1.82, 2.24) is 9.55 Å². The number of imidazole rings is 1. The molecule has 0 aliphatic rings. The van der Waals surface area contributed by atoms with Crippen molar-refractivity contribution in [3.05, 3.63) is 84.9 Å². The minimum Gasteiger partial charge on any atom is -0.305 e. The Bertz CT molecular complexity index is 1050. The van der Waals surface area contributed by atoms with Gasteiger partial charge in [-0.15, -0.1) is 6.58 Å². The van der Waals surface area contributed by atoms with Crippen molar-refractivity contribution in [2.45, 2.75) is 6.54 Å². The van der Waals surface area contributed by atoms with Gasteiger partial charge in [-0.3, -0.25) is 0 Å². The van der Waals surface area contributed by atoms with Gasteiger partial charge in [-0.2, -0.15) is 0 Å². The van der Waals surface area contributed by atoms with Crippen molar-refractivity contribution < 1.29 is 0 Å². The highest BCUT2D eigenvalue weighted by molar-refractivity contribution is 6.00. The Hall–Kier alpha value is -3.20. The smallest absolute Gasteiger partial charge is 0.230 e. The lowest BCUT2D eigenvalue weighted by Gasteiger charge is -2.03. The summed E-state index contributed by atoms with van der Waals surface area (Å²) in [6.07, 6.45) is 3.76. The van der Waals surface area contributed by atoms with Gasteiger partial charge in [0.25, 0.3) is 0 Å². The molecule has 4 rings (SSSR count). The Morgan fingerprint density at radius 2 is 1.75 bits per heavy atom. The molecule has 3 nitrogen and oxygen atoms in total. The highest BCUT2D eigenvalue weighted by Crippen LogP contribution is 2.23. The molecule has 3 aromatic carbocycles. The first-order chi connectivity index (χ1) is 11.9. The van der Waals surface area contributed by atoms with E-state index in [2.05, 4.69) is 57.5 Å². The van der Waals surface area contributed by atoms with Crippen molar-refractivity contribution in [2.75, 3.05) is 0 Å². The highest BCUT2D eigenvalue weighted by Gasteiger charge is 2.07. The zero-order valence-corrected chi connectivity index (χ0v) is 13.3. The third kappa shape index (κ3) is 2.50. The lowest BCUT2D eigenvalue weighted by atomic mass is 10.1. The van der Waals surface area contributed by atoms with Crippen molar-refractivity contribution in [3.8, 4) is 0 Å². The first kappa shape index (κ1) is 14.4. The number of nitrogens with zero attached hydrogens (tertiary/aromatic N) is 3. The van der Waals surface area contributed by atoms with E-state index in [0.29, 0.717) is 12.5 Å². The van der Waals surface area contributed by atoms with Crippen molar-refractivity contribution >= 4 is 34.0 Å². The van der Waals surface area contributed by atoms with Crippen LogP contribution in [0.5, 0.6) is 0 Å². The Labute approximate surface area is 140 Å². The zero-order valence-electron chi connectivity index (χ0n) is 13.3. The third-order valence-corrected chi connectivity index (χ3v) is 4.09. The summed E-state index contributed by atoms with van der Waals surface area (Å²) in [5.74, 6) is 0.698. The molecule has 0 amide bonds. The van der Waals surface area contributed by atoms with E-state index in [1.165, 1.54) is 10.8 Å². The molecule has 116 valence electrons. The SMILES string of the molecule is C=CCn1c(/N=C/c2cccc3ccccc23)nc2ccccc21. The maximum Gasteiger partial charge on any atom is 0.230 e. The molecule has 1 aromatic heterocycles. The largest absolute Gasteiger partial charge is 0.305 e. The van der Waals surface area contributed by atoms with Gasteiger partial charge in [0.1, 0.15) is 0 Å². The summed E-state index contributed by atoms with van der Waals surface area (Å²) < 4.78 is 2.07. The van der Waals surface area contributed by atoms with Crippen LogP contribution < -0.4 is 0 Å². The molecule has 0 saturated heterocycles. The van der Waals surface area contributed by atoms with Gasteiger partial charge in [0.2, 0.25) is 5.95 Å². The molecule has 0 unspecified atom stereocenters. The number of aliphatic imine (C=N–C) groups is 1. The Morgan fingerprint density at radius 1 is 0.958 bits per heavy atom. The Morgan fingerprint density at radius 3 is 2.67 bits per heavy atom. The fourth-order valence-electron chi connectivity index (χ4n) is 2.96. The number of fused-ring (bicyclic) bond motifs is 2. The molecule has 0 bridgehead atoms. The zero-order chi connectivity index (χ0) is 16.4. The number of hydrogen-bond acceptors (Lipinski definition) is 2. The Kier molecular flexibility index (Phi) is 3.67. The molecule has 0 aliphatic carbocycles. The molecule has 24 heavy (non-hydrogen) atoms. The Balaban J connectivity index is 1.82. The van der Waals surface area contributed by atoms with Crippen molar-refractivity contribution in [2.24, 2.45) is 4.99 Å². The van der Waals surface area contributed by atoms with Gasteiger partial charge in [0, 0.05) is 18.3 Å². The summed E-state index contributed by atoms with van der Waals surface area (Å²) in [7, 11) is 0. The van der Waals surface area contributed by atoms with Crippen LogP contribution in [0.2, 0.25) is 0 Å². The second kappa shape index (κ2) is 6.13. The summed E-state index contributed by atoms with van der Waals surface area (Å²) in [6.45, 7) is 4.53. The second-order valence-corrected chi connectivity index (χ2v) is 5.63. The summed E-state index contributed by atoms with van der Waals surface area (Å²) in [5, 5.41) is 2.40. The van der Waals surface area contributed by atoms with E-state index < -0.39 is 0 Å². The summed E-state index contributed by atoms with van der Waals surface area (Å²) >= 11 is 0. The topological polar surface area (TPSA) is 30.2 Å². The molecule has 0 aliphatic heterocycles. The number of benzene rings is 3. The number of aromatic nitrogens is 2. The lowest BCUT2D eigenvalue weighted by molar-refractivity contribution is 0.853. The van der Waals surface area contributed by atoms with Crippen LogP contribution >= 0.6 is 0 Å². The predicted octanol–water partition coefficient (Wildman–Crippen LogP) is 5.13. The second-order valence-electron chi connectivity index (χ2n) is 5.63. The quantitative estimate of drug-likeness (QED) is 0.380. The highest BCUT2D eigenvalue weighted by atomic mass is 15.2. The van der Waals surface area contributed by atoms with Gasteiger partial charge in [-0.05, 0) is 22.9 Å². The lowest BCUT2D eigenvalue weighted by Crippen LogP contribution is -1.94. The molecule has 0 radical (unpaired) electrons. The van der Waals surface area contributed by atoms with Crippen LogP contribution in [0.25, 0.3) is 21.8 Å². The summed E-state index contributed by atoms with van der Waals surface area (Å²) in [5.41, 5.74) is 3.11. The molecule has 0 saturated carbocycles. The van der Waals surface area contributed by atoms with Gasteiger partial charge in [0.15, 0.2) is 0 Å².